The van der Waals surface area contributed by atoms with Gasteiger partial charge in [-0.15, -0.1) is 0 Å². The first-order valence-electron chi connectivity index (χ1n) is 7.31. The summed E-state index contributed by atoms with van der Waals surface area (Å²) in [6.07, 6.45) is 0.698. The molecule has 0 aliphatic heterocycles. The second-order valence-corrected chi connectivity index (χ2v) is 4.94. The van der Waals surface area contributed by atoms with Crippen molar-refractivity contribution in [2.45, 2.75) is 19.8 Å². The van der Waals surface area contributed by atoms with Gasteiger partial charge in [0.25, 0.3) is 0 Å². The van der Waals surface area contributed by atoms with Gasteiger partial charge in [-0.1, -0.05) is 48.5 Å². The Morgan fingerprint density at radius 3 is 2.32 bits per heavy atom. The molecule has 0 aliphatic carbocycles. The van der Waals surface area contributed by atoms with E-state index < -0.39 is 5.97 Å². The van der Waals surface area contributed by atoms with Crippen molar-refractivity contribution in [3.8, 4) is 11.1 Å². The number of carboxylic acid groups (broad SMARTS) is 1. The molecule has 0 bridgehead atoms. The molecule has 0 unspecified atom stereocenters. The molecule has 0 spiro atoms. The summed E-state index contributed by atoms with van der Waals surface area (Å²) in [6, 6.07) is 18.5. The Labute approximate surface area is 174 Å². The predicted molar refractivity (Wildman–Crippen MR) is 84.0 cm³/mol. The fourth-order valence-corrected chi connectivity index (χ4v) is 2.47. The van der Waals surface area contributed by atoms with E-state index >= 15 is 0 Å². The number of hydrogen-bond donors (Lipinski definition) is 0. The summed E-state index contributed by atoms with van der Waals surface area (Å²) in [6.45, 7) is 3.64. The average molecular weight is 321 g/mol. The minimum absolute atomic E-state index is 0. The molecule has 0 aliphatic rings. The van der Waals surface area contributed by atoms with E-state index in [-0.39, 0.29) is 57.8 Å². The largest absolute Gasteiger partial charge is 1.00 e. The number of rotatable bonds is 7. The zero-order valence-electron chi connectivity index (χ0n) is 13.3. The summed E-state index contributed by atoms with van der Waals surface area (Å²) >= 11 is 0. The first kappa shape index (κ1) is 19.4. The van der Waals surface area contributed by atoms with Crippen LogP contribution in [0, 0.1) is 0 Å². The van der Waals surface area contributed by atoms with Crippen molar-refractivity contribution in [2.75, 3.05) is 18.0 Å². The summed E-state index contributed by atoms with van der Waals surface area (Å²) in [7, 11) is 0. The van der Waals surface area contributed by atoms with Crippen LogP contribution in [0.15, 0.2) is 54.6 Å². The fraction of sp³-hybridized carbons (Fsp3) is 0.278. The zero-order valence-corrected chi connectivity index (χ0v) is 16.4. The molecule has 2 aromatic carbocycles. The molecule has 0 atom stereocenters. The van der Waals surface area contributed by atoms with Crippen LogP contribution >= 0.6 is 0 Å². The number of nitrogens with zero attached hydrogens (tertiary/aromatic N) is 1. The van der Waals surface area contributed by atoms with Crippen molar-refractivity contribution >= 4 is 11.7 Å². The molecular formula is C18H20KNO2. The van der Waals surface area contributed by atoms with Crippen molar-refractivity contribution in [3.63, 3.8) is 0 Å². The Kier molecular flexibility index (Phi) is 8.98. The Balaban J connectivity index is 0.00000242. The SMILES string of the molecule is CCN(CCCC(=O)[O-])c1ccccc1-c1ccccc1.[K+]. The molecule has 2 aromatic rings. The van der Waals surface area contributed by atoms with E-state index in [0.29, 0.717) is 13.0 Å². The molecule has 0 saturated heterocycles. The monoisotopic (exact) mass is 321 g/mol. The number of hydrogen-bond acceptors (Lipinski definition) is 3. The first-order valence-corrected chi connectivity index (χ1v) is 7.31. The van der Waals surface area contributed by atoms with Crippen molar-refractivity contribution in [1.82, 2.24) is 0 Å². The predicted octanol–water partition coefficient (Wildman–Crippen LogP) is -0.286. The molecule has 4 heteroatoms. The Morgan fingerprint density at radius 1 is 1.05 bits per heavy atom. The Hall–Kier alpha value is -0.654. The maximum absolute atomic E-state index is 10.6. The topological polar surface area (TPSA) is 43.4 Å². The molecular weight excluding hydrogens is 301 g/mol. The van der Waals surface area contributed by atoms with E-state index in [4.69, 9.17) is 0 Å². The van der Waals surface area contributed by atoms with E-state index in [1.54, 1.807) is 0 Å². The van der Waals surface area contributed by atoms with Crippen LogP contribution in [0.25, 0.3) is 11.1 Å². The molecule has 0 radical (unpaired) electrons. The molecule has 0 amide bonds. The van der Waals surface area contributed by atoms with E-state index in [1.807, 2.05) is 30.3 Å². The minimum atomic E-state index is -0.984. The smallest absolute Gasteiger partial charge is 0.550 e. The van der Waals surface area contributed by atoms with Gasteiger partial charge >= 0.3 is 51.4 Å². The van der Waals surface area contributed by atoms with Crippen molar-refractivity contribution in [3.05, 3.63) is 54.6 Å². The number of anilines is 1. The van der Waals surface area contributed by atoms with Crippen LogP contribution in [0.2, 0.25) is 0 Å². The zero-order chi connectivity index (χ0) is 15.1. The van der Waals surface area contributed by atoms with Gasteiger partial charge in [0.1, 0.15) is 0 Å². The van der Waals surface area contributed by atoms with E-state index in [9.17, 15) is 9.90 Å². The molecule has 0 aromatic heterocycles. The standard InChI is InChI=1S/C18H21NO2.K/c1-2-19(14-8-13-18(20)21)17-12-7-6-11-16(17)15-9-4-3-5-10-15;/h3-7,9-12H,2,8,13-14H2,1H3,(H,20,21);/q;+1/p-1. The number of aliphatic carboxylic acids is 1. The van der Waals surface area contributed by atoms with Gasteiger partial charge in [0.15, 0.2) is 0 Å². The van der Waals surface area contributed by atoms with Crippen molar-refractivity contribution in [1.29, 1.82) is 0 Å². The van der Waals surface area contributed by atoms with Gasteiger partial charge in [0.2, 0.25) is 0 Å². The maximum atomic E-state index is 10.6. The number of carbonyl (C=O) groups is 1. The molecule has 110 valence electrons. The van der Waals surface area contributed by atoms with Crippen molar-refractivity contribution in [2.24, 2.45) is 0 Å². The van der Waals surface area contributed by atoms with Gasteiger partial charge in [0.05, 0.1) is 0 Å². The van der Waals surface area contributed by atoms with E-state index in [0.717, 1.165) is 12.2 Å². The summed E-state index contributed by atoms with van der Waals surface area (Å²) in [5.41, 5.74) is 3.49. The van der Waals surface area contributed by atoms with Crippen LogP contribution in [0.4, 0.5) is 5.69 Å². The second kappa shape index (κ2) is 10.2. The number of carbonyl (C=O) groups excluding carboxylic acids is 1. The summed E-state index contributed by atoms with van der Waals surface area (Å²) in [5.74, 6) is -0.984. The number of para-hydroxylation sites is 1. The molecule has 22 heavy (non-hydrogen) atoms. The van der Waals surface area contributed by atoms with Crippen LogP contribution in [-0.4, -0.2) is 19.1 Å². The summed E-state index contributed by atoms with van der Waals surface area (Å²) in [5, 5.41) is 10.6. The maximum Gasteiger partial charge on any atom is 1.00 e. The number of carboxylic acids is 1. The number of benzene rings is 2. The van der Waals surface area contributed by atoms with E-state index in [1.165, 1.54) is 11.1 Å². The van der Waals surface area contributed by atoms with Crippen molar-refractivity contribution < 1.29 is 61.3 Å². The molecule has 0 saturated carbocycles. The Bertz CT molecular complexity index is 587. The molecule has 0 N–H and O–H groups in total. The third kappa shape index (κ3) is 5.52. The minimum Gasteiger partial charge on any atom is -0.550 e. The molecule has 0 fully saturated rings. The third-order valence-corrected chi connectivity index (χ3v) is 3.52. The molecule has 0 heterocycles. The van der Waals surface area contributed by atoms with Gasteiger partial charge in [-0.25, -0.2) is 0 Å². The van der Waals surface area contributed by atoms with Crippen LogP contribution in [0.5, 0.6) is 0 Å². The van der Waals surface area contributed by atoms with Gasteiger partial charge in [0, 0.05) is 30.3 Å². The average Bonchev–Trinajstić information content (AvgIpc) is 2.52. The van der Waals surface area contributed by atoms with Gasteiger partial charge in [-0.05, 0) is 31.4 Å². The third-order valence-electron chi connectivity index (χ3n) is 3.52. The quantitative estimate of drug-likeness (QED) is 0.659. The summed E-state index contributed by atoms with van der Waals surface area (Å²) in [4.78, 5) is 12.8. The molecule has 3 nitrogen and oxygen atoms in total. The van der Waals surface area contributed by atoms with Gasteiger partial charge in [-0.2, -0.15) is 0 Å². The fourth-order valence-electron chi connectivity index (χ4n) is 2.47. The second-order valence-electron chi connectivity index (χ2n) is 4.94. The molecule has 2 rings (SSSR count). The Morgan fingerprint density at radius 2 is 1.68 bits per heavy atom. The van der Waals surface area contributed by atoms with Gasteiger partial charge in [-0.3, -0.25) is 0 Å². The normalized spacial score (nSPS) is 9.86. The summed E-state index contributed by atoms with van der Waals surface area (Å²) < 4.78 is 0. The van der Waals surface area contributed by atoms with Gasteiger partial charge < -0.3 is 14.8 Å². The first-order chi connectivity index (χ1) is 10.2. The van der Waals surface area contributed by atoms with Crippen LogP contribution < -0.4 is 61.4 Å². The van der Waals surface area contributed by atoms with Crippen LogP contribution in [0.1, 0.15) is 19.8 Å². The van der Waals surface area contributed by atoms with Crippen LogP contribution in [0.3, 0.4) is 0 Å². The van der Waals surface area contributed by atoms with E-state index in [2.05, 4.69) is 36.1 Å². The van der Waals surface area contributed by atoms with Crippen LogP contribution in [-0.2, 0) is 4.79 Å².